The molecular weight excluding hydrogens is 186 g/mol. The molecule has 1 aromatic rings. The summed E-state index contributed by atoms with van der Waals surface area (Å²) in [6.07, 6.45) is 0.813. The van der Waals surface area contributed by atoms with Crippen LogP contribution in [0.1, 0.15) is 15.9 Å². The molecular formula is C9H7NO2S. The van der Waals surface area contributed by atoms with Crippen LogP contribution < -0.4 is 10.1 Å². The summed E-state index contributed by atoms with van der Waals surface area (Å²) < 4.78 is 5.24. The summed E-state index contributed by atoms with van der Waals surface area (Å²) in [5.74, 6) is 0.731. The number of benzene rings is 1. The van der Waals surface area contributed by atoms with Gasteiger partial charge in [-0.1, -0.05) is 0 Å². The van der Waals surface area contributed by atoms with Crippen molar-refractivity contribution in [1.82, 2.24) is 5.32 Å². The Bertz CT molecular complexity index is 376. The van der Waals surface area contributed by atoms with Crippen molar-refractivity contribution in [1.29, 1.82) is 0 Å². The number of aldehydes is 1. The Balaban J connectivity index is 2.42. The molecule has 1 heterocycles. The van der Waals surface area contributed by atoms with Crippen molar-refractivity contribution >= 4 is 23.7 Å². The number of hydrogen-bond acceptors (Lipinski definition) is 3. The van der Waals surface area contributed by atoms with Crippen molar-refractivity contribution in [3.8, 4) is 5.75 Å². The van der Waals surface area contributed by atoms with Crippen LogP contribution in [0, 0.1) is 0 Å². The number of carbonyl (C=O) groups is 1. The van der Waals surface area contributed by atoms with E-state index in [2.05, 4.69) is 5.32 Å². The fraction of sp³-hybridized carbons (Fsp3) is 0.111. The van der Waals surface area contributed by atoms with Gasteiger partial charge in [-0.3, -0.25) is 4.79 Å². The molecule has 1 aliphatic heterocycles. The maximum Gasteiger partial charge on any atom is 0.262 e. The topological polar surface area (TPSA) is 38.3 Å². The van der Waals surface area contributed by atoms with Crippen LogP contribution in [0.5, 0.6) is 5.75 Å². The van der Waals surface area contributed by atoms with Crippen LogP contribution in [0.25, 0.3) is 0 Å². The largest absolute Gasteiger partial charge is 0.432 e. The molecule has 1 N–H and O–H groups in total. The van der Waals surface area contributed by atoms with Crippen LogP contribution in [0.15, 0.2) is 18.2 Å². The highest BCUT2D eigenvalue weighted by Gasteiger charge is 2.13. The molecule has 0 radical (unpaired) electrons. The monoisotopic (exact) mass is 193 g/mol. The fourth-order valence-electron chi connectivity index (χ4n) is 1.21. The second-order valence-electron chi connectivity index (χ2n) is 2.73. The fourth-order valence-corrected chi connectivity index (χ4v) is 1.38. The smallest absolute Gasteiger partial charge is 0.262 e. The first-order valence-electron chi connectivity index (χ1n) is 3.83. The second kappa shape index (κ2) is 3.14. The van der Waals surface area contributed by atoms with E-state index in [-0.39, 0.29) is 0 Å². The zero-order valence-corrected chi connectivity index (χ0v) is 7.56. The first-order chi connectivity index (χ1) is 6.29. The molecule has 0 aromatic heterocycles. The van der Waals surface area contributed by atoms with E-state index in [0.717, 1.165) is 17.6 Å². The molecule has 1 aliphatic rings. The SMILES string of the molecule is O=Cc1ccc2c(c1)CNC(=S)O2. The number of thiocarbonyl (C=S) groups is 1. The molecule has 4 heteroatoms. The van der Waals surface area contributed by atoms with Gasteiger partial charge in [0.15, 0.2) is 0 Å². The molecule has 66 valence electrons. The van der Waals surface area contributed by atoms with Crippen LogP contribution in [0.2, 0.25) is 0 Å². The van der Waals surface area contributed by atoms with Crippen molar-refractivity contribution in [2.24, 2.45) is 0 Å². The second-order valence-corrected chi connectivity index (χ2v) is 3.10. The van der Waals surface area contributed by atoms with E-state index in [1.165, 1.54) is 0 Å². The van der Waals surface area contributed by atoms with Gasteiger partial charge in [-0.15, -0.1) is 0 Å². The van der Waals surface area contributed by atoms with Crippen LogP contribution in [0.4, 0.5) is 0 Å². The highest BCUT2D eigenvalue weighted by atomic mass is 32.1. The summed E-state index contributed by atoms with van der Waals surface area (Å²) in [6, 6.07) is 5.25. The predicted molar refractivity (Wildman–Crippen MR) is 51.9 cm³/mol. The van der Waals surface area contributed by atoms with Gasteiger partial charge >= 0.3 is 0 Å². The zero-order chi connectivity index (χ0) is 9.26. The molecule has 2 rings (SSSR count). The third kappa shape index (κ3) is 1.53. The van der Waals surface area contributed by atoms with E-state index in [1.54, 1.807) is 18.2 Å². The Kier molecular flexibility index (Phi) is 1.98. The van der Waals surface area contributed by atoms with Crippen molar-refractivity contribution in [3.05, 3.63) is 29.3 Å². The summed E-state index contributed by atoms with van der Waals surface area (Å²) in [6.45, 7) is 0.621. The van der Waals surface area contributed by atoms with E-state index < -0.39 is 0 Å². The van der Waals surface area contributed by atoms with Crippen LogP contribution >= 0.6 is 12.2 Å². The molecule has 0 aliphatic carbocycles. The molecule has 0 saturated carbocycles. The van der Waals surface area contributed by atoms with E-state index in [9.17, 15) is 4.79 Å². The minimum Gasteiger partial charge on any atom is -0.432 e. The lowest BCUT2D eigenvalue weighted by Crippen LogP contribution is -2.30. The summed E-state index contributed by atoms with van der Waals surface area (Å²) >= 11 is 4.84. The predicted octanol–water partition coefficient (Wildman–Crippen LogP) is 1.27. The quantitative estimate of drug-likeness (QED) is 0.538. The van der Waals surface area contributed by atoms with Gasteiger partial charge in [0.25, 0.3) is 5.17 Å². The minimum absolute atomic E-state index is 0.381. The van der Waals surface area contributed by atoms with Crippen molar-refractivity contribution in [3.63, 3.8) is 0 Å². The standard InChI is InChI=1S/C9H7NO2S/c11-5-6-1-2-8-7(3-6)4-10-9(13)12-8/h1-3,5H,4H2,(H,10,13). The molecule has 0 fully saturated rings. The highest BCUT2D eigenvalue weighted by Crippen LogP contribution is 2.22. The Labute approximate surface area is 80.7 Å². The molecule has 0 atom stereocenters. The van der Waals surface area contributed by atoms with E-state index in [4.69, 9.17) is 17.0 Å². The molecule has 0 bridgehead atoms. The Morgan fingerprint density at radius 1 is 1.54 bits per heavy atom. The van der Waals surface area contributed by atoms with E-state index >= 15 is 0 Å². The van der Waals surface area contributed by atoms with Gasteiger partial charge < -0.3 is 10.1 Å². The van der Waals surface area contributed by atoms with Gasteiger partial charge in [0.2, 0.25) is 0 Å². The summed E-state index contributed by atoms with van der Waals surface area (Å²) in [4.78, 5) is 10.5. The molecule has 1 aromatic carbocycles. The van der Waals surface area contributed by atoms with Crippen LogP contribution in [-0.4, -0.2) is 11.5 Å². The number of carbonyl (C=O) groups excluding carboxylic acids is 1. The van der Waals surface area contributed by atoms with Crippen molar-refractivity contribution < 1.29 is 9.53 Å². The lowest BCUT2D eigenvalue weighted by atomic mass is 10.1. The third-order valence-corrected chi connectivity index (χ3v) is 2.07. The molecule has 0 unspecified atom stereocenters. The van der Waals surface area contributed by atoms with E-state index in [1.807, 2.05) is 0 Å². The van der Waals surface area contributed by atoms with Gasteiger partial charge in [-0.25, -0.2) is 0 Å². The number of hydrogen-bond donors (Lipinski definition) is 1. The third-order valence-electron chi connectivity index (χ3n) is 1.85. The zero-order valence-electron chi connectivity index (χ0n) is 6.74. The maximum absolute atomic E-state index is 10.5. The average molecular weight is 193 g/mol. The van der Waals surface area contributed by atoms with Crippen molar-refractivity contribution in [2.75, 3.05) is 0 Å². The summed E-state index contributed by atoms with van der Waals surface area (Å²) in [5.41, 5.74) is 1.61. The molecule has 0 spiro atoms. The van der Waals surface area contributed by atoms with E-state index in [0.29, 0.717) is 17.3 Å². The minimum atomic E-state index is 0.381. The molecule has 0 saturated heterocycles. The maximum atomic E-state index is 10.5. The highest BCUT2D eigenvalue weighted by molar-refractivity contribution is 7.80. The number of rotatable bonds is 1. The first-order valence-corrected chi connectivity index (χ1v) is 4.24. The number of fused-ring (bicyclic) bond motifs is 1. The summed E-state index contributed by atoms with van der Waals surface area (Å²) in [5, 5.41) is 3.26. The van der Waals surface area contributed by atoms with Gasteiger partial charge in [-0.2, -0.15) is 0 Å². The number of ether oxygens (including phenoxy) is 1. The lowest BCUT2D eigenvalue weighted by molar-refractivity contribution is 0.112. The van der Waals surface area contributed by atoms with Crippen molar-refractivity contribution in [2.45, 2.75) is 6.54 Å². The Hall–Kier alpha value is -1.42. The van der Waals surface area contributed by atoms with Crippen LogP contribution in [-0.2, 0) is 6.54 Å². The Morgan fingerprint density at radius 3 is 3.15 bits per heavy atom. The lowest BCUT2D eigenvalue weighted by Gasteiger charge is -2.18. The van der Waals surface area contributed by atoms with Gasteiger partial charge in [-0.05, 0) is 30.4 Å². The molecule has 3 nitrogen and oxygen atoms in total. The van der Waals surface area contributed by atoms with Crippen LogP contribution in [0.3, 0.4) is 0 Å². The first kappa shape index (κ1) is 8.19. The average Bonchev–Trinajstić information content (AvgIpc) is 2.17. The Morgan fingerprint density at radius 2 is 2.38 bits per heavy atom. The molecule has 13 heavy (non-hydrogen) atoms. The molecule has 0 amide bonds. The number of nitrogens with one attached hydrogen (secondary N) is 1. The normalized spacial score (nSPS) is 14.0. The van der Waals surface area contributed by atoms with Gasteiger partial charge in [0.05, 0.1) is 0 Å². The van der Waals surface area contributed by atoms with Gasteiger partial charge in [0, 0.05) is 17.7 Å². The van der Waals surface area contributed by atoms with Gasteiger partial charge in [0.1, 0.15) is 12.0 Å². The summed E-state index contributed by atoms with van der Waals surface area (Å²) in [7, 11) is 0.